The summed E-state index contributed by atoms with van der Waals surface area (Å²) in [4.78, 5) is 11.5. The van der Waals surface area contributed by atoms with Crippen LogP contribution in [0.1, 0.15) is 24.5 Å². The number of anilines is 2. The van der Waals surface area contributed by atoms with Gasteiger partial charge < -0.3 is 20.7 Å². The predicted octanol–water partition coefficient (Wildman–Crippen LogP) is 6.49. The van der Waals surface area contributed by atoms with E-state index in [0.717, 1.165) is 42.5 Å². The molecule has 1 amide bonds. The first-order chi connectivity index (χ1) is 24.0. The molecule has 1 aliphatic rings. The third-order valence-corrected chi connectivity index (χ3v) is 10.7. The average Bonchev–Trinajstić information content (AvgIpc) is 3.04. The van der Waals surface area contributed by atoms with Gasteiger partial charge in [-0.1, -0.05) is 18.2 Å². The number of carbonyl (C=O) groups excluding carboxylic acids is 1. The Morgan fingerprint density at radius 3 is 2.24 bits per heavy atom. The predicted molar refractivity (Wildman–Crippen MR) is 176 cm³/mol. The molecule has 272 valence electrons. The van der Waals surface area contributed by atoms with Crippen LogP contribution >= 0.6 is 0 Å². The van der Waals surface area contributed by atoms with E-state index in [-0.39, 0.29) is 53.7 Å². The number of piperazine rings is 1. The Bertz CT molecular complexity index is 1940. The van der Waals surface area contributed by atoms with Crippen LogP contribution in [-0.2, 0) is 27.5 Å². The van der Waals surface area contributed by atoms with Gasteiger partial charge in [0.1, 0.15) is 39.9 Å². The Balaban J connectivity index is 1.45. The van der Waals surface area contributed by atoms with E-state index >= 15 is 4.39 Å². The number of rotatable bonds is 12. The molecule has 1 fully saturated rings. The van der Waals surface area contributed by atoms with E-state index in [4.69, 9.17) is 0 Å². The molecule has 0 spiro atoms. The molecule has 16 heteroatoms. The molecular formula is C35H33F7N4O4S. The van der Waals surface area contributed by atoms with Crippen LogP contribution in [0.4, 0.5) is 42.1 Å². The van der Waals surface area contributed by atoms with Crippen LogP contribution in [0, 0.1) is 23.3 Å². The average molecular weight is 739 g/mol. The molecular weight excluding hydrogens is 705 g/mol. The number of hydrogen-bond acceptors (Lipinski definition) is 7. The van der Waals surface area contributed by atoms with Gasteiger partial charge in [0.15, 0.2) is 9.84 Å². The molecule has 8 nitrogen and oxygen atoms in total. The molecule has 51 heavy (non-hydrogen) atoms. The molecule has 4 N–H and O–H groups in total. The van der Waals surface area contributed by atoms with Gasteiger partial charge in [-0.2, -0.15) is 0 Å². The standard InChI is InChI=1S/C35H33F7N4O4S/c1-21-19-43-20-34(46-21,51(48,49)28-11-9-27(10-12-28)50-35(40,41)42)14-13-29-30(39)3-2-4-31(29)45-32(15-22-5-7-23(36)8-6-22)33(47)44-26-17-24(37)16-25(38)18-26/h2-12,16-18,21,32,43,45-46H,13-15,19-20H2,1H3,(H,44,47)/t21-,32+,34+/m1/s1. The van der Waals surface area contributed by atoms with Crippen LogP contribution in [0.2, 0.25) is 0 Å². The van der Waals surface area contributed by atoms with Gasteiger partial charge in [-0.3, -0.25) is 10.1 Å². The first-order valence-electron chi connectivity index (χ1n) is 15.7. The van der Waals surface area contributed by atoms with Gasteiger partial charge in [-0.15, -0.1) is 13.2 Å². The molecule has 0 unspecified atom stereocenters. The highest BCUT2D eigenvalue weighted by Crippen LogP contribution is 2.34. The number of halogens is 7. The van der Waals surface area contributed by atoms with Crippen LogP contribution in [0.15, 0.2) is 89.8 Å². The number of benzene rings is 4. The summed E-state index contributed by atoms with van der Waals surface area (Å²) in [5.74, 6) is -4.49. The molecule has 0 radical (unpaired) electrons. The number of sulfone groups is 1. The zero-order valence-corrected chi connectivity index (χ0v) is 27.8. The first-order valence-corrected chi connectivity index (χ1v) is 17.2. The van der Waals surface area contributed by atoms with Crippen molar-refractivity contribution in [3.63, 3.8) is 0 Å². The largest absolute Gasteiger partial charge is 0.573 e. The summed E-state index contributed by atoms with van der Waals surface area (Å²) < 4.78 is 127. The summed E-state index contributed by atoms with van der Waals surface area (Å²) >= 11 is 0. The van der Waals surface area contributed by atoms with Crippen molar-refractivity contribution in [1.82, 2.24) is 10.6 Å². The third kappa shape index (κ3) is 9.36. The molecule has 5 rings (SSSR count). The van der Waals surface area contributed by atoms with Crippen molar-refractivity contribution in [2.75, 3.05) is 23.7 Å². The third-order valence-electron chi connectivity index (χ3n) is 8.28. The minimum Gasteiger partial charge on any atom is -0.406 e. The minimum absolute atomic E-state index is 0.00901. The van der Waals surface area contributed by atoms with Crippen LogP contribution < -0.4 is 26.0 Å². The lowest BCUT2D eigenvalue weighted by Gasteiger charge is -2.41. The van der Waals surface area contributed by atoms with Crippen LogP contribution in [-0.4, -0.2) is 50.7 Å². The fourth-order valence-corrected chi connectivity index (χ4v) is 7.90. The quantitative estimate of drug-likeness (QED) is 0.123. The van der Waals surface area contributed by atoms with Gasteiger partial charge in [0.25, 0.3) is 0 Å². The molecule has 0 saturated carbocycles. The second-order valence-electron chi connectivity index (χ2n) is 12.1. The molecule has 4 aromatic carbocycles. The fourth-order valence-electron chi connectivity index (χ4n) is 5.94. The molecule has 1 heterocycles. The Morgan fingerprint density at radius 1 is 0.941 bits per heavy atom. The van der Waals surface area contributed by atoms with E-state index in [9.17, 15) is 39.6 Å². The monoisotopic (exact) mass is 738 g/mol. The Hall–Kier alpha value is -4.67. The number of nitrogens with one attached hydrogen (secondary N) is 4. The highest BCUT2D eigenvalue weighted by atomic mass is 32.2. The van der Waals surface area contributed by atoms with Crippen molar-refractivity contribution in [1.29, 1.82) is 0 Å². The Labute approximate surface area is 289 Å². The van der Waals surface area contributed by atoms with Gasteiger partial charge in [0, 0.05) is 48.6 Å². The Kier molecular flexibility index (Phi) is 11.3. The number of alkyl halides is 3. The summed E-state index contributed by atoms with van der Waals surface area (Å²) in [7, 11) is -4.34. The van der Waals surface area contributed by atoms with Gasteiger partial charge in [0.05, 0.1) is 4.90 Å². The lowest BCUT2D eigenvalue weighted by molar-refractivity contribution is -0.274. The first kappa shape index (κ1) is 37.6. The second-order valence-corrected chi connectivity index (χ2v) is 14.4. The van der Waals surface area contributed by atoms with Crippen molar-refractivity contribution in [2.24, 2.45) is 0 Å². The normalized spacial score (nSPS) is 18.5. The van der Waals surface area contributed by atoms with Crippen molar-refractivity contribution in [3.8, 4) is 5.75 Å². The van der Waals surface area contributed by atoms with E-state index in [0.29, 0.717) is 18.2 Å². The fraction of sp³-hybridized carbons (Fsp3) is 0.286. The SMILES string of the molecule is C[C@@H]1CNC[C@](CCc2c(F)cccc2N[C@@H](Cc2ccc(F)cc2)C(=O)Nc2cc(F)cc(F)c2)(S(=O)(=O)c2ccc(OC(F)(F)F)cc2)N1. The molecule has 3 atom stereocenters. The number of hydrogen-bond donors (Lipinski definition) is 4. The van der Waals surface area contributed by atoms with E-state index in [1.54, 1.807) is 6.92 Å². The summed E-state index contributed by atoms with van der Waals surface area (Å²) in [6.45, 7) is 2.00. The summed E-state index contributed by atoms with van der Waals surface area (Å²) in [5.41, 5.74) is 0.434. The minimum atomic E-state index is -4.98. The van der Waals surface area contributed by atoms with Crippen molar-refractivity contribution in [3.05, 3.63) is 119 Å². The molecule has 0 bridgehead atoms. The number of carbonyl (C=O) groups is 1. The van der Waals surface area contributed by atoms with Crippen LogP contribution in [0.3, 0.4) is 0 Å². The summed E-state index contributed by atoms with van der Waals surface area (Å²) in [6, 6.07) is 13.9. The molecule has 0 aliphatic carbocycles. The van der Waals surface area contributed by atoms with Gasteiger partial charge in [0.2, 0.25) is 5.91 Å². The highest BCUT2D eigenvalue weighted by molar-refractivity contribution is 7.92. The van der Waals surface area contributed by atoms with Crippen LogP contribution in [0.5, 0.6) is 5.75 Å². The number of ether oxygens (including phenoxy) is 1. The van der Waals surface area contributed by atoms with Gasteiger partial charge >= 0.3 is 6.36 Å². The summed E-state index contributed by atoms with van der Waals surface area (Å²) in [5, 5.41) is 11.6. The maximum atomic E-state index is 15.6. The topological polar surface area (TPSA) is 109 Å². The van der Waals surface area contributed by atoms with Crippen LogP contribution in [0.25, 0.3) is 0 Å². The Morgan fingerprint density at radius 2 is 1.61 bits per heavy atom. The van der Waals surface area contributed by atoms with E-state index in [1.807, 2.05) is 0 Å². The maximum absolute atomic E-state index is 15.6. The number of amides is 1. The molecule has 1 aliphatic heterocycles. The van der Waals surface area contributed by atoms with E-state index in [1.165, 1.54) is 36.4 Å². The van der Waals surface area contributed by atoms with Crippen molar-refractivity contribution < 1.29 is 48.7 Å². The lowest BCUT2D eigenvalue weighted by Crippen LogP contribution is -2.66. The molecule has 4 aromatic rings. The zero-order valence-electron chi connectivity index (χ0n) is 27.0. The second kappa shape index (κ2) is 15.3. The molecule has 1 saturated heterocycles. The zero-order chi connectivity index (χ0) is 37.0. The van der Waals surface area contributed by atoms with Gasteiger partial charge in [-0.25, -0.2) is 26.0 Å². The highest BCUT2D eigenvalue weighted by Gasteiger charge is 2.47. The smallest absolute Gasteiger partial charge is 0.406 e. The van der Waals surface area contributed by atoms with Crippen molar-refractivity contribution >= 4 is 27.1 Å². The molecule has 0 aromatic heterocycles. The lowest BCUT2D eigenvalue weighted by atomic mass is 9.99. The van der Waals surface area contributed by atoms with Crippen molar-refractivity contribution in [2.45, 2.75) is 54.4 Å². The van der Waals surface area contributed by atoms with E-state index in [2.05, 4.69) is 26.0 Å². The summed E-state index contributed by atoms with van der Waals surface area (Å²) in [6.07, 6.45) is -5.48. The van der Waals surface area contributed by atoms with E-state index < -0.39 is 62.0 Å². The maximum Gasteiger partial charge on any atom is 0.573 e. The van der Waals surface area contributed by atoms with Gasteiger partial charge in [-0.05, 0) is 86.0 Å².